The molecule has 0 unspecified atom stereocenters. The van der Waals surface area contributed by atoms with Gasteiger partial charge in [0, 0.05) is 16.9 Å². The van der Waals surface area contributed by atoms with E-state index in [2.05, 4.69) is 41.5 Å². The maximum atomic E-state index is 11.7. The van der Waals surface area contributed by atoms with Crippen molar-refractivity contribution < 1.29 is 14.7 Å². The van der Waals surface area contributed by atoms with Gasteiger partial charge >= 0.3 is 5.97 Å². The molecule has 0 aliphatic carbocycles. The van der Waals surface area contributed by atoms with E-state index in [-0.39, 0.29) is 18.7 Å². The van der Waals surface area contributed by atoms with Crippen LogP contribution in [0.15, 0.2) is 24.3 Å². The number of hydrogen-bond donors (Lipinski definition) is 2. The number of carbonyl (C=O) groups excluding carboxylic acids is 1. The monoisotopic (exact) mass is 346 g/mol. The quantitative estimate of drug-likeness (QED) is 0.748. The van der Waals surface area contributed by atoms with Gasteiger partial charge in [0.15, 0.2) is 5.13 Å². The number of amides is 1. The Hall–Kier alpha value is -2.21. The van der Waals surface area contributed by atoms with Gasteiger partial charge in [-0.15, -0.1) is 11.3 Å². The number of nitrogens with one attached hydrogen (secondary N) is 1. The molecular formula is C18H22N2O3S. The summed E-state index contributed by atoms with van der Waals surface area (Å²) in [5, 5.41) is 11.8. The Bertz CT molecular complexity index is 708. The molecule has 2 N–H and O–H groups in total. The summed E-state index contributed by atoms with van der Waals surface area (Å²) in [5.74, 6) is -1.31. The van der Waals surface area contributed by atoms with E-state index in [9.17, 15) is 9.59 Å². The number of nitrogens with zero attached hydrogens (tertiary/aromatic N) is 1. The van der Waals surface area contributed by atoms with Gasteiger partial charge in [0.25, 0.3) is 0 Å². The third kappa shape index (κ3) is 5.16. The highest BCUT2D eigenvalue weighted by Crippen LogP contribution is 2.30. The van der Waals surface area contributed by atoms with E-state index in [4.69, 9.17) is 5.11 Å². The fourth-order valence-corrected chi connectivity index (χ4v) is 3.18. The van der Waals surface area contributed by atoms with Gasteiger partial charge in [-0.05, 0) is 25.3 Å². The molecule has 0 saturated heterocycles. The predicted octanol–water partition coefficient (Wildman–Crippen LogP) is 4.26. The van der Waals surface area contributed by atoms with Gasteiger partial charge in [-0.1, -0.05) is 37.6 Å². The summed E-state index contributed by atoms with van der Waals surface area (Å²) in [6, 6.07) is 8.36. The van der Waals surface area contributed by atoms with Crippen molar-refractivity contribution in [3.05, 3.63) is 34.7 Å². The first kappa shape index (κ1) is 18.1. The number of rotatable bonds is 8. The summed E-state index contributed by atoms with van der Waals surface area (Å²) < 4.78 is 0. The van der Waals surface area contributed by atoms with E-state index >= 15 is 0 Å². The van der Waals surface area contributed by atoms with E-state index in [1.165, 1.54) is 29.7 Å². The Balaban J connectivity index is 2.05. The van der Waals surface area contributed by atoms with Crippen molar-refractivity contribution >= 4 is 28.3 Å². The number of thiazole rings is 1. The standard InChI is InChI=1S/C18H22N2O3S/c1-3-4-5-13-6-8-14(9-7-13)17-12(2)24-18(20-17)19-15(21)10-11-16(22)23/h6-9H,3-5,10-11H2,1-2H3,(H,22,23)(H,19,20,21). The first-order chi connectivity index (χ1) is 11.5. The molecule has 0 aliphatic rings. The van der Waals surface area contributed by atoms with Crippen molar-refractivity contribution in [1.29, 1.82) is 0 Å². The third-order valence-electron chi connectivity index (χ3n) is 3.66. The highest BCUT2D eigenvalue weighted by Gasteiger charge is 2.13. The van der Waals surface area contributed by atoms with Crippen molar-refractivity contribution in [2.75, 3.05) is 5.32 Å². The fraction of sp³-hybridized carbons (Fsp3) is 0.389. The molecule has 24 heavy (non-hydrogen) atoms. The van der Waals surface area contributed by atoms with Crippen LogP contribution in [0.3, 0.4) is 0 Å². The van der Waals surface area contributed by atoms with Crippen molar-refractivity contribution in [2.24, 2.45) is 0 Å². The smallest absolute Gasteiger partial charge is 0.303 e. The van der Waals surface area contributed by atoms with Gasteiger partial charge < -0.3 is 10.4 Å². The first-order valence-electron chi connectivity index (χ1n) is 8.08. The highest BCUT2D eigenvalue weighted by molar-refractivity contribution is 7.16. The molecule has 1 heterocycles. The number of carboxylic acids is 1. The largest absolute Gasteiger partial charge is 0.481 e. The number of benzene rings is 1. The summed E-state index contributed by atoms with van der Waals surface area (Å²) in [6.45, 7) is 4.14. The number of aliphatic carboxylic acids is 1. The van der Waals surface area contributed by atoms with Crippen molar-refractivity contribution in [3.63, 3.8) is 0 Å². The summed E-state index contributed by atoms with van der Waals surface area (Å²) >= 11 is 1.40. The second-order valence-corrected chi connectivity index (χ2v) is 6.87. The lowest BCUT2D eigenvalue weighted by Crippen LogP contribution is -2.12. The normalized spacial score (nSPS) is 10.6. The SMILES string of the molecule is CCCCc1ccc(-c2nc(NC(=O)CCC(=O)O)sc2C)cc1. The molecule has 2 rings (SSSR count). The molecule has 1 amide bonds. The van der Waals surface area contributed by atoms with Crippen LogP contribution >= 0.6 is 11.3 Å². The zero-order valence-electron chi connectivity index (χ0n) is 14.0. The van der Waals surface area contributed by atoms with Crippen LogP contribution in [0.2, 0.25) is 0 Å². The molecule has 1 aromatic carbocycles. The third-order valence-corrected chi connectivity index (χ3v) is 4.54. The molecule has 128 valence electrons. The molecule has 0 saturated carbocycles. The van der Waals surface area contributed by atoms with Crippen molar-refractivity contribution in [2.45, 2.75) is 46.0 Å². The van der Waals surface area contributed by atoms with Crippen molar-refractivity contribution in [3.8, 4) is 11.3 Å². The lowest BCUT2D eigenvalue weighted by atomic mass is 10.0. The van der Waals surface area contributed by atoms with E-state index in [1.54, 1.807) is 0 Å². The van der Waals surface area contributed by atoms with Gasteiger partial charge in [0.2, 0.25) is 5.91 Å². The van der Waals surface area contributed by atoms with Crippen LogP contribution in [0.5, 0.6) is 0 Å². The molecular weight excluding hydrogens is 324 g/mol. The average molecular weight is 346 g/mol. The second kappa shape index (κ2) is 8.59. The summed E-state index contributed by atoms with van der Waals surface area (Å²) in [4.78, 5) is 27.7. The minimum atomic E-state index is -0.982. The zero-order chi connectivity index (χ0) is 17.5. The molecule has 0 radical (unpaired) electrons. The Morgan fingerprint density at radius 3 is 2.54 bits per heavy atom. The number of unbranched alkanes of at least 4 members (excludes halogenated alkanes) is 1. The van der Waals surface area contributed by atoms with Crippen LogP contribution in [-0.4, -0.2) is 22.0 Å². The average Bonchev–Trinajstić information content (AvgIpc) is 2.91. The van der Waals surface area contributed by atoms with E-state index < -0.39 is 5.97 Å². The highest BCUT2D eigenvalue weighted by atomic mass is 32.1. The molecule has 0 bridgehead atoms. The molecule has 2 aromatic rings. The summed E-state index contributed by atoms with van der Waals surface area (Å²) in [5.41, 5.74) is 3.20. The number of aromatic nitrogens is 1. The van der Waals surface area contributed by atoms with E-state index in [0.29, 0.717) is 5.13 Å². The fourth-order valence-electron chi connectivity index (χ4n) is 2.33. The van der Waals surface area contributed by atoms with Gasteiger partial charge in [-0.25, -0.2) is 4.98 Å². The molecule has 0 fully saturated rings. The van der Waals surface area contributed by atoms with Gasteiger partial charge in [0.1, 0.15) is 0 Å². The topological polar surface area (TPSA) is 79.3 Å². The predicted molar refractivity (Wildman–Crippen MR) is 96.4 cm³/mol. The molecule has 0 aliphatic heterocycles. The first-order valence-corrected chi connectivity index (χ1v) is 8.89. The molecule has 1 aromatic heterocycles. The van der Waals surface area contributed by atoms with E-state index in [1.807, 2.05) is 6.92 Å². The number of aryl methyl sites for hydroxylation is 2. The zero-order valence-corrected chi connectivity index (χ0v) is 14.8. The van der Waals surface area contributed by atoms with Gasteiger partial charge in [-0.3, -0.25) is 9.59 Å². The lowest BCUT2D eigenvalue weighted by Gasteiger charge is -2.03. The number of anilines is 1. The van der Waals surface area contributed by atoms with Crippen molar-refractivity contribution in [1.82, 2.24) is 4.98 Å². The Kier molecular flexibility index (Phi) is 6.49. The van der Waals surface area contributed by atoms with Crippen LogP contribution in [0.4, 0.5) is 5.13 Å². The number of carbonyl (C=O) groups is 2. The molecule has 0 spiro atoms. The van der Waals surface area contributed by atoms with Gasteiger partial charge in [0.05, 0.1) is 12.1 Å². The second-order valence-electron chi connectivity index (χ2n) is 5.67. The molecule has 5 nitrogen and oxygen atoms in total. The van der Waals surface area contributed by atoms with Crippen LogP contribution in [0.1, 0.15) is 43.0 Å². The Morgan fingerprint density at radius 1 is 1.21 bits per heavy atom. The summed E-state index contributed by atoms with van der Waals surface area (Å²) in [7, 11) is 0. The maximum absolute atomic E-state index is 11.7. The lowest BCUT2D eigenvalue weighted by molar-refractivity contribution is -0.138. The number of carboxylic acid groups (broad SMARTS) is 1. The van der Waals surface area contributed by atoms with Crippen LogP contribution < -0.4 is 5.32 Å². The number of hydrogen-bond acceptors (Lipinski definition) is 4. The molecule has 0 atom stereocenters. The summed E-state index contributed by atoms with van der Waals surface area (Å²) in [6.07, 6.45) is 3.22. The Labute approximate surface area is 145 Å². The minimum absolute atomic E-state index is 0.0462. The van der Waals surface area contributed by atoms with Gasteiger partial charge in [-0.2, -0.15) is 0 Å². The van der Waals surface area contributed by atoms with E-state index in [0.717, 1.165) is 22.6 Å². The maximum Gasteiger partial charge on any atom is 0.303 e. The van der Waals surface area contributed by atoms with Crippen LogP contribution in [-0.2, 0) is 16.0 Å². The van der Waals surface area contributed by atoms with Crippen LogP contribution in [0, 0.1) is 6.92 Å². The Morgan fingerprint density at radius 2 is 1.92 bits per heavy atom. The van der Waals surface area contributed by atoms with Crippen LogP contribution in [0.25, 0.3) is 11.3 Å². The molecule has 6 heteroatoms. The minimum Gasteiger partial charge on any atom is -0.481 e.